The van der Waals surface area contributed by atoms with E-state index in [0.717, 1.165) is 7.11 Å². The van der Waals surface area contributed by atoms with Gasteiger partial charge in [-0.2, -0.15) is 5.26 Å². The highest BCUT2D eigenvalue weighted by Gasteiger charge is 2.50. The van der Waals surface area contributed by atoms with Crippen LogP contribution in [0, 0.1) is 18.3 Å². The van der Waals surface area contributed by atoms with E-state index in [1.165, 1.54) is 38.1 Å². The van der Waals surface area contributed by atoms with Gasteiger partial charge in [-0.25, -0.2) is 24.5 Å². The van der Waals surface area contributed by atoms with Crippen molar-refractivity contribution in [2.45, 2.75) is 26.5 Å². The summed E-state index contributed by atoms with van der Waals surface area (Å²) < 4.78 is 0. The number of hydrogen-bond acceptors (Lipinski definition) is 8. The number of carbonyl (C=O) groups excluding carboxylic acids is 2. The van der Waals surface area contributed by atoms with Gasteiger partial charge in [-0.3, -0.25) is 9.59 Å². The average Bonchev–Trinajstić information content (AvgIpc) is 2.78. The molecule has 3 N–H and O–H groups in total. The highest BCUT2D eigenvalue weighted by atomic mass is 17.2. The Labute approximate surface area is 195 Å². The third kappa shape index (κ3) is 4.05. The number of benzene rings is 2. The molecule has 2 aromatic rings. The minimum atomic E-state index is -2.04. The number of aliphatic imine (C=N–C) groups is 1. The third-order valence-corrected chi connectivity index (χ3v) is 5.45. The fourth-order valence-electron chi connectivity index (χ4n) is 3.76. The summed E-state index contributed by atoms with van der Waals surface area (Å²) in [7, 11) is 1.15. The first-order valence-corrected chi connectivity index (χ1v) is 10.1. The van der Waals surface area contributed by atoms with Gasteiger partial charge in [-0.1, -0.05) is 18.2 Å². The lowest BCUT2D eigenvalue weighted by atomic mass is 9.91. The molecule has 0 radical (unpaired) electrons. The Hall–Kier alpha value is -4.33. The Kier molecular flexibility index (Phi) is 6.63. The van der Waals surface area contributed by atoms with E-state index in [1.54, 1.807) is 25.1 Å². The van der Waals surface area contributed by atoms with Crippen LogP contribution in [0.1, 0.15) is 35.3 Å². The molecular formula is C24H22N4O6. The fourth-order valence-corrected chi connectivity index (χ4v) is 3.76. The number of carboxylic acids is 1. The van der Waals surface area contributed by atoms with E-state index in [4.69, 9.17) is 15.5 Å². The van der Waals surface area contributed by atoms with Gasteiger partial charge in [0.05, 0.1) is 18.4 Å². The number of nitriles is 1. The number of carbonyl (C=O) groups is 3. The van der Waals surface area contributed by atoms with Crippen LogP contribution in [-0.4, -0.2) is 40.6 Å². The maximum Gasteiger partial charge on any atom is 0.336 e. The molecule has 0 aliphatic carbocycles. The molecule has 10 heteroatoms. The highest BCUT2D eigenvalue weighted by molar-refractivity contribution is 6.51. The van der Waals surface area contributed by atoms with Gasteiger partial charge in [-0.05, 0) is 50.6 Å². The molecule has 1 heterocycles. The number of hydrogen-bond donors (Lipinski definition) is 2. The third-order valence-electron chi connectivity index (χ3n) is 5.45. The Morgan fingerprint density at radius 2 is 1.85 bits per heavy atom. The van der Waals surface area contributed by atoms with E-state index in [-0.39, 0.29) is 28.0 Å². The highest BCUT2D eigenvalue weighted by Crippen LogP contribution is 2.37. The van der Waals surface area contributed by atoms with Gasteiger partial charge in [0.2, 0.25) is 5.72 Å². The molecule has 174 valence electrons. The predicted molar refractivity (Wildman–Crippen MR) is 122 cm³/mol. The quantitative estimate of drug-likeness (QED) is 0.287. The molecule has 0 aromatic heterocycles. The fraction of sp³-hybridized carbons (Fsp3) is 0.208. The lowest BCUT2D eigenvalue weighted by molar-refractivity contribution is -0.373. The van der Waals surface area contributed by atoms with Crippen LogP contribution in [0.25, 0.3) is 0 Å². The van der Waals surface area contributed by atoms with Crippen molar-refractivity contribution in [3.8, 4) is 6.07 Å². The maximum absolute atomic E-state index is 13.7. The topological polar surface area (TPSA) is 155 Å². The van der Waals surface area contributed by atoms with E-state index in [0.29, 0.717) is 21.8 Å². The Bertz CT molecular complexity index is 1310. The minimum absolute atomic E-state index is 0.0362. The number of carboxylic acid groups (broad SMARTS) is 1. The van der Waals surface area contributed by atoms with Crippen LogP contribution in [0.3, 0.4) is 0 Å². The summed E-state index contributed by atoms with van der Waals surface area (Å²) in [6.45, 7) is 4.49. The Balaban J connectivity index is 2.30. The summed E-state index contributed by atoms with van der Waals surface area (Å²) in [5.41, 5.74) is 4.63. The van der Waals surface area contributed by atoms with Crippen LogP contribution in [0.2, 0.25) is 0 Å². The van der Waals surface area contributed by atoms with Crippen molar-refractivity contribution >= 4 is 34.9 Å². The molecule has 0 fully saturated rings. The molecule has 1 aliphatic rings. The first-order valence-electron chi connectivity index (χ1n) is 10.1. The van der Waals surface area contributed by atoms with Crippen molar-refractivity contribution in [3.05, 3.63) is 70.3 Å². The summed E-state index contributed by atoms with van der Waals surface area (Å²) >= 11 is 0. The summed E-state index contributed by atoms with van der Waals surface area (Å²) in [6, 6.07) is 12.4. The molecule has 1 atom stereocenters. The smallest absolute Gasteiger partial charge is 0.336 e. The maximum atomic E-state index is 13.7. The summed E-state index contributed by atoms with van der Waals surface area (Å²) in [6.07, 6.45) is 0. The number of aryl methyl sites for hydroxylation is 1. The lowest BCUT2D eigenvalue weighted by Crippen LogP contribution is -2.58. The largest absolute Gasteiger partial charge is 0.478 e. The second-order valence-electron chi connectivity index (χ2n) is 7.65. The Morgan fingerprint density at radius 3 is 2.44 bits per heavy atom. The van der Waals surface area contributed by atoms with Crippen LogP contribution in [-0.2, 0) is 25.1 Å². The minimum Gasteiger partial charge on any atom is -0.478 e. The van der Waals surface area contributed by atoms with Crippen LogP contribution < -0.4 is 5.73 Å². The average molecular weight is 462 g/mol. The number of nitrogen functional groups attached to an aromatic ring is 1. The summed E-state index contributed by atoms with van der Waals surface area (Å²) in [4.78, 5) is 54.2. The van der Waals surface area contributed by atoms with E-state index in [9.17, 15) is 24.8 Å². The lowest BCUT2D eigenvalue weighted by Gasteiger charge is -2.40. The van der Waals surface area contributed by atoms with E-state index < -0.39 is 23.5 Å². The molecule has 0 spiro atoms. The van der Waals surface area contributed by atoms with E-state index in [1.807, 2.05) is 6.07 Å². The van der Waals surface area contributed by atoms with Crippen molar-refractivity contribution in [1.29, 1.82) is 5.26 Å². The zero-order valence-electron chi connectivity index (χ0n) is 18.9. The van der Waals surface area contributed by atoms with Crippen LogP contribution in [0.5, 0.6) is 0 Å². The molecule has 1 unspecified atom stereocenters. The van der Waals surface area contributed by atoms with Crippen LogP contribution in [0.4, 0.5) is 11.4 Å². The van der Waals surface area contributed by atoms with Crippen LogP contribution in [0.15, 0.2) is 58.6 Å². The number of nitrogens with zero attached hydrogens (tertiary/aromatic N) is 3. The molecule has 0 saturated carbocycles. The number of imide groups is 1. The van der Waals surface area contributed by atoms with Gasteiger partial charge in [-0.15, -0.1) is 0 Å². The van der Waals surface area contributed by atoms with E-state index in [2.05, 4.69) is 4.99 Å². The van der Waals surface area contributed by atoms with Gasteiger partial charge in [0, 0.05) is 16.8 Å². The second kappa shape index (κ2) is 9.27. The standard InChI is InChI=1S/C24H22N4O6/c1-13-11-15(26)9-10-19(13)27-20-14(2)17(12-25)21(29)28(22(20)30)24(3,34-33-4)18-8-6-5-7-16(18)23(31)32/h5-11H,26H2,1-4H3,(H,31,32). The number of rotatable bonds is 6. The first-order chi connectivity index (χ1) is 16.1. The number of anilines is 1. The first kappa shape index (κ1) is 24.3. The SMILES string of the molecule is COOC(C)(c1ccccc1C(=O)O)N1C(=O)C(=Nc2ccc(N)cc2C)C(C)=C(C#N)C1=O. The van der Waals surface area contributed by atoms with Crippen molar-refractivity contribution in [3.63, 3.8) is 0 Å². The van der Waals surface area contributed by atoms with Gasteiger partial charge >= 0.3 is 5.97 Å². The molecular weight excluding hydrogens is 440 g/mol. The monoisotopic (exact) mass is 462 g/mol. The normalized spacial score (nSPS) is 17.0. The van der Waals surface area contributed by atoms with Crippen molar-refractivity contribution < 1.29 is 29.3 Å². The second-order valence-corrected chi connectivity index (χ2v) is 7.65. The predicted octanol–water partition coefficient (Wildman–Crippen LogP) is 3.01. The number of aromatic carboxylic acids is 1. The van der Waals surface area contributed by atoms with Gasteiger partial charge in [0.1, 0.15) is 17.4 Å². The van der Waals surface area contributed by atoms with Gasteiger partial charge in [0.15, 0.2) is 0 Å². The van der Waals surface area contributed by atoms with Crippen molar-refractivity contribution in [2.75, 3.05) is 12.8 Å². The van der Waals surface area contributed by atoms with Gasteiger partial charge < -0.3 is 10.8 Å². The molecule has 0 bridgehead atoms. The molecule has 10 nitrogen and oxygen atoms in total. The van der Waals surface area contributed by atoms with Crippen molar-refractivity contribution in [1.82, 2.24) is 4.90 Å². The number of amides is 2. The molecule has 0 saturated heterocycles. The van der Waals surface area contributed by atoms with Gasteiger partial charge in [0.25, 0.3) is 11.8 Å². The summed E-state index contributed by atoms with van der Waals surface area (Å²) in [5, 5.41) is 19.4. The van der Waals surface area contributed by atoms with Crippen molar-refractivity contribution in [2.24, 2.45) is 4.99 Å². The van der Waals surface area contributed by atoms with Crippen LogP contribution >= 0.6 is 0 Å². The zero-order chi connectivity index (χ0) is 25.2. The molecule has 34 heavy (non-hydrogen) atoms. The summed E-state index contributed by atoms with van der Waals surface area (Å²) in [5.74, 6) is -3.17. The molecule has 1 aliphatic heterocycles. The molecule has 2 aromatic carbocycles. The number of nitrogens with two attached hydrogens (primary N) is 1. The van der Waals surface area contributed by atoms with E-state index >= 15 is 0 Å². The zero-order valence-corrected chi connectivity index (χ0v) is 18.9. The Morgan fingerprint density at radius 1 is 1.18 bits per heavy atom. The molecule has 2 amide bonds. The molecule has 3 rings (SSSR count).